The third-order valence-corrected chi connectivity index (χ3v) is 3.04. The topological polar surface area (TPSA) is 91.8 Å². The SMILES string of the molecule is Cc1oc(C(=O)NN)cc1CN1CCN(C)C1=O. The smallest absolute Gasteiger partial charge is 0.320 e. The van der Waals surface area contributed by atoms with E-state index in [2.05, 4.69) is 0 Å². The molecule has 1 saturated heterocycles. The Balaban J connectivity index is 2.12. The Hall–Kier alpha value is -2.02. The third-order valence-electron chi connectivity index (χ3n) is 3.04. The van der Waals surface area contributed by atoms with Gasteiger partial charge >= 0.3 is 11.9 Å². The molecule has 0 aliphatic carbocycles. The van der Waals surface area contributed by atoms with E-state index in [1.807, 2.05) is 5.43 Å². The first-order chi connectivity index (χ1) is 8.52. The molecule has 2 heterocycles. The first kappa shape index (κ1) is 12.4. The maximum atomic E-state index is 11.7. The highest BCUT2D eigenvalue weighted by Crippen LogP contribution is 2.19. The maximum Gasteiger partial charge on any atom is 0.320 e. The number of rotatable bonds is 3. The molecular weight excluding hydrogens is 236 g/mol. The van der Waals surface area contributed by atoms with Gasteiger partial charge in [-0.15, -0.1) is 0 Å². The summed E-state index contributed by atoms with van der Waals surface area (Å²) in [5.74, 6) is 5.34. The lowest BCUT2D eigenvalue weighted by atomic mass is 10.2. The molecule has 3 N–H and O–H groups in total. The van der Waals surface area contributed by atoms with E-state index in [4.69, 9.17) is 10.3 Å². The van der Waals surface area contributed by atoms with Crippen LogP contribution in [-0.2, 0) is 6.54 Å². The lowest BCUT2D eigenvalue weighted by Gasteiger charge is -2.14. The molecule has 98 valence electrons. The molecule has 7 heteroatoms. The normalized spacial score (nSPS) is 15.4. The fraction of sp³-hybridized carbons (Fsp3) is 0.455. The van der Waals surface area contributed by atoms with E-state index in [0.29, 0.717) is 25.4 Å². The van der Waals surface area contributed by atoms with Gasteiger partial charge in [0, 0.05) is 25.7 Å². The number of nitrogen functional groups attached to an aromatic ring is 1. The number of furan rings is 1. The van der Waals surface area contributed by atoms with Crippen molar-refractivity contribution < 1.29 is 14.0 Å². The van der Waals surface area contributed by atoms with Crippen LogP contribution in [0.1, 0.15) is 21.9 Å². The molecule has 1 aromatic heterocycles. The van der Waals surface area contributed by atoms with E-state index in [1.165, 1.54) is 0 Å². The highest BCUT2D eigenvalue weighted by Gasteiger charge is 2.26. The minimum absolute atomic E-state index is 0.0135. The average molecular weight is 252 g/mol. The number of nitrogens with one attached hydrogen (secondary N) is 1. The van der Waals surface area contributed by atoms with E-state index >= 15 is 0 Å². The summed E-state index contributed by atoms with van der Waals surface area (Å²) in [4.78, 5) is 26.4. The predicted molar refractivity (Wildman–Crippen MR) is 63.5 cm³/mol. The first-order valence-electron chi connectivity index (χ1n) is 5.63. The molecule has 3 amide bonds. The van der Waals surface area contributed by atoms with Gasteiger partial charge in [-0.2, -0.15) is 0 Å². The Morgan fingerprint density at radius 3 is 2.83 bits per heavy atom. The number of carbonyl (C=O) groups excluding carboxylic acids is 2. The van der Waals surface area contributed by atoms with Gasteiger partial charge in [-0.1, -0.05) is 0 Å². The molecular formula is C11H16N4O3. The van der Waals surface area contributed by atoms with Gasteiger partial charge < -0.3 is 14.2 Å². The largest absolute Gasteiger partial charge is 0.456 e. The summed E-state index contributed by atoms with van der Waals surface area (Å²) in [7, 11) is 1.76. The number of urea groups is 1. The number of nitrogens with zero attached hydrogens (tertiary/aromatic N) is 2. The van der Waals surface area contributed by atoms with Crippen LogP contribution in [0.2, 0.25) is 0 Å². The molecule has 1 fully saturated rings. The zero-order valence-electron chi connectivity index (χ0n) is 10.4. The molecule has 1 aliphatic rings. The van der Waals surface area contributed by atoms with Gasteiger partial charge in [-0.05, 0) is 13.0 Å². The minimum atomic E-state index is -0.478. The lowest BCUT2D eigenvalue weighted by Crippen LogP contribution is -2.30. The quantitative estimate of drug-likeness (QED) is 0.452. The summed E-state index contributed by atoms with van der Waals surface area (Å²) < 4.78 is 5.30. The second-order valence-corrected chi connectivity index (χ2v) is 4.29. The number of hydrogen-bond acceptors (Lipinski definition) is 4. The van der Waals surface area contributed by atoms with Gasteiger partial charge in [0.05, 0.1) is 6.54 Å². The molecule has 7 nitrogen and oxygen atoms in total. The number of aryl methyl sites for hydroxylation is 1. The number of likely N-dealkylation sites (N-methyl/N-ethyl adjacent to an activating group) is 1. The van der Waals surface area contributed by atoms with Crippen LogP contribution in [0.5, 0.6) is 0 Å². The van der Waals surface area contributed by atoms with Crippen molar-refractivity contribution in [3.8, 4) is 0 Å². The van der Waals surface area contributed by atoms with E-state index in [9.17, 15) is 9.59 Å². The first-order valence-corrected chi connectivity index (χ1v) is 5.63. The molecule has 2 rings (SSSR count). The van der Waals surface area contributed by atoms with Crippen molar-refractivity contribution in [2.75, 3.05) is 20.1 Å². The standard InChI is InChI=1S/C11H16N4O3/c1-7-8(5-9(18-7)10(16)13-12)6-15-4-3-14(2)11(15)17/h5H,3-4,6,12H2,1-2H3,(H,13,16). The highest BCUT2D eigenvalue weighted by molar-refractivity contribution is 5.91. The molecule has 1 aromatic rings. The minimum Gasteiger partial charge on any atom is -0.456 e. The molecule has 0 unspecified atom stereocenters. The van der Waals surface area contributed by atoms with Gasteiger partial charge in [0.1, 0.15) is 5.76 Å². The Morgan fingerprint density at radius 1 is 1.56 bits per heavy atom. The van der Waals surface area contributed by atoms with Gasteiger partial charge in [0.25, 0.3) is 0 Å². The van der Waals surface area contributed by atoms with Crippen LogP contribution >= 0.6 is 0 Å². The van der Waals surface area contributed by atoms with Crippen molar-refractivity contribution in [1.29, 1.82) is 0 Å². The Morgan fingerprint density at radius 2 is 2.28 bits per heavy atom. The van der Waals surface area contributed by atoms with Gasteiger partial charge in [-0.25, -0.2) is 10.6 Å². The molecule has 0 radical (unpaired) electrons. The summed E-state index contributed by atoms with van der Waals surface area (Å²) >= 11 is 0. The van der Waals surface area contributed by atoms with Crippen molar-refractivity contribution in [2.45, 2.75) is 13.5 Å². The lowest BCUT2D eigenvalue weighted by molar-refractivity contribution is 0.0924. The van der Waals surface area contributed by atoms with E-state index in [-0.39, 0.29) is 11.8 Å². The van der Waals surface area contributed by atoms with Crippen LogP contribution in [0, 0.1) is 6.92 Å². The van der Waals surface area contributed by atoms with Crippen LogP contribution < -0.4 is 11.3 Å². The van der Waals surface area contributed by atoms with Gasteiger partial charge in [0.15, 0.2) is 5.76 Å². The zero-order valence-corrected chi connectivity index (χ0v) is 10.4. The van der Waals surface area contributed by atoms with E-state index < -0.39 is 5.91 Å². The second-order valence-electron chi connectivity index (χ2n) is 4.29. The van der Waals surface area contributed by atoms with Crippen LogP contribution in [0.25, 0.3) is 0 Å². The second kappa shape index (κ2) is 4.69. The Bertz CT molecular complexity index is 483. The molecule has 0 atom stereocenters. The third kappa shape index (κ3) is 2.17. The van der Waals surface area contributed by atoms with E-state index in [1.54, 1.807) is 29.8 Å². The summed E-state index contributed by atoms with van der Waals surface area (Å²) in [5.41, 5.74) is 2.83. The molecule has 0 saturated carbocycles. The van der Waals surface area contributed by atoms with Crippen molar-refractivity contribution >= 4 is 11.9 Å². The molecule has 0 spiro atoms. The molecule has 1 aliphatic heterocycles. The monoisotopic (exact) mass is 252 g/mol. The van der Waals surface area contributed by atoms with Crippen LogP contribution in [0.3, 0.4) is 0 Å². The van der Waals surface area contributed by atoms with Crippen LogP contribution in [0.15, 0.2) is 10.5 Å². The van der Waals surface area contributed by atoms with E-state index in [0.717, 1.165) is 5.56 Å². The number of amides is 3. The molecule has 0 aromatic carbocycles. The summed E-state index contributed by atoms with van der Waals surface area (Å²) in [6.07, 6.45) is 0. The average Bonchev–Trinajstić information content (AvgIpc) is 2.87. The zero-order chi connectivity index (χ0) is 13.3. The number of hydrazine groups is 1. The Kier molecular flexibility index (Phi) is 3.24. The van der Waals surface area contributed by atoms with Crippen molar-refractivity contribution in [3.63, 3.8) is 0 Å². The van der Waals surface area contributed by atoms with Gasteiger partial charge in [-0.3, -0.25) is 10.2 Å². The molecule has 18 heavy (non-hydrogen) atoms. The summed E-state index contributed by atoms with van der Waals surface area (Å²) in [6, 6.07) is 1.60. The predicted octanol–water partition coefficient (Wildman–Crippen LogP) is 0.0589. The fourth-order valence-electron chi connectivity index (χ4n) is 1.92. The highest BCUT2D eigenvalue weighted by atomic mass is 16.4. The van der Waals surface area contributed by atoms with Crippen molar-refractivity contribution in [1.82, 2.24) is 15.2 Å². The van der Waals surface area contributed by atoms with Crippen LogP contribution in [-0.4, -0.2) is 41.9 Å². The van der Waals surface area contributed by atoms with Gasteiger partial charge in [0.2, 0.25) is 0 Å². The fourth-order valence-corrected chi connectivity index (χ4v) is 1.92. The molecule has 0 bridgehead atoms. The number of hydrogen-bond donors (Lipinski definition) is 2. The summed E-state index contributed by atoms with van der Waals surface area (Å²) in [5, 5.41) is 0. The van der Waals surface area contributed by atoms with Crippen molar-refractivity contribution in [2.24, 2.45) is 5.84 Å². The Labute approximate surface area is 104 Å². The van der Waals surface area contributed by atoms with Crippen molar-refractivity contribution in [3.05, 3.63) is 23.2 Å². The summed E-state index contributed by atoms with van der Waals surface area (Å²) in [6.45, 7) is 3.59. The number of carbonyl (C=O) groups is 2. The maximum absolute atomic E-state index is 11.7. The van der Waals surface area contributed by atoms with Crippen LogP contribution in [0.4, 0.5) is 4.79 Å². The number of nitrogens with two attached hydrogens (primary N) is 1.